The Hall–Kier alpha value is -1.82. The van der Waals surface area contributed by atoms with Crippen LogP contribution in [0.25, 0.3) is 0 Å². The van der Waals surface area contributed by atoms with E-state index in [1.165, 1.54) is 17.8 Å². The third kappa shape index (κ3) is 3.35. The average Bonchev–Trinajstić information content (AvgIpc) is 2.39. The molecule has 0 radical (unpaired) electrons. The number of hydrogen-bond donors (Lipinski definition) is 0. The van der Waals surface area contributed by atoms with E-state index in [9.17, 15) is 18.1 Å². The molecule has 0 unspecified atom stereocenters. The molecule has 0 saturated heterocycles. The Labute approximate surface area is 111 Å². The SMILES string of the molecule is O=Nc1cc(C(F)(F)F)ccc1Sc1ccccc1. The van der Waals surface area contributed by atoms with Crippen molar-refractivity contribution in [3.63, 3.8) is 0 Å². The van der Waals surface area contributed by atoms with Crippen molar-refractivity contribution in [3.05, 3.63) is 59.0 Å². The predicted molar refractivity (Wildman–Crippen MR) is 67.5 cm³/mol. The zero-order chi connectivity index (χ0) is 13.9. The van der Waals surface area contributed by atoms with Gasteiger partial charge in [-0.3, -0.25) is 0 Å². The number of rotatable bonds is 3. The van der Waals surface area contributed by atoms with Crippen LogP contribution in [0.4, 0.5) is 18.9 Å². The van der Waals surface area contributed by atoms with E-state index in [0.717, 1.165) is 17.0 Å². The van der Waals surface area contributed by atoms with Crippen LogP contribution in [0.1, 0.15) is 5.56 Å². The number of alkyl halides is 3. The summed E-state index contributed by atoms with van der Waals surface area (Å²) in [5.41, 5.74) is -1.08. The zero-order valence-electron chi connectivity index (χ0n) is 9.52. The molecule has 2 rings (SSSR count). The number of halogens is 3. The molecule has 0 heterocycles. The molecule has 0 saturated carbocycles. The Morgan fingerprint density at radius 2 is 1.68 bits per heavy atom. The first-order chi connectivity index (χ1) is 9.00. The van der Waals surface area contributed by atoms with E-state index in [4.69, 9.17) is 0 Å². The van der Waals surface area contributed by atoms with Crippen LogP contribution in [0.15, 0.2) is 63.5 Å². The van der Waals surface area contributed by atoms with Crippen molar-refractivity contribution in [1.82, 2.24) is 0 Å². The summed E-state index contributed by atoms with van der Waals surface area (Å²) < 4.78 is 37.5. The van der Waals surface area contributed by atoms with Gasteiger partial charge in [-0.15, -0.1) is 4.91 Å². The summed E-state index contributed by atoms with van der Waals surface area (Å²) in [7, 11) is 0. The van der Waals surface area contributed by atoms with E-state index in [0.29, 0.717) is 4.90 Å². The number of nitrogens with zero attached hydrogens (tertiary/aromatic N) is 1. The lowest BCUT2D eigenvalue weighted by Crippen LogP contribution is -2.04. The molecular formula is C13H8F3NOS. The molecule has 19 heavy (non-hydrogen) atoms. The van der Waals surface area contributed by atoms with E-state index in [1.54, 1.807) is 24.3 Å². The van der Waals surface area contributed by atoms with Gasteiger partial charge >= 0.3 is 6.18 Å². The highest BCUT2D eigenvalue weighted by molar-refractivity contribution is 7.99. The fourth-order valence-corrected chi connectivity index (χ4v) is 2.35. The van der Waals surface area contributed by atoms with E-state index in [2.05, 4.69) is 5.18 Å². The Balaban J connectivity index is 2.34. The van der Waals surface area contributed by atoms with Gasteiger partial charge in [0.2, 0.25) is 0 Å². The van der Waals surface area contributed by atoms with Crippen molar-refractivity contribution in [2.24, 2.45) is 5.18 Å². The van der Waals surface area contributed by atoms with E-state index >= 15 is 0 Å². The first kappa shape index (κ1) is 13.6. The van der Waals surface area contributed by atoms with Gasteiger partial charge in [0.15, 0.2) is 0 Å². The average molecular weight is 283 g/mol. The third-order valence-electron chi connectivity index (χ3n) is 2.36. The van der Waals surface area contributed by atoms with Crippen LogP contribution in [-0.4, -0.2) is 0 Å². The lowest BCUT2D eigenvalue weighted by Gasteiger charge is -2.09. The van der Waals surface area contributed by atoms with Gasteiger partial charge in [-0.2, -0.15) is 13.2 Å². The molecule has 0 amide bonds. The topological polar surface area (TPSA) is 29.4 Å². The minimum Gasteiger partial charge on any atom is -0.166 e. The minimum absolute atomic E-state index is 0.205. The van der Waals surface area contributed by atoms with E-state index in [-0.39, 0.29) is 5.69 Å². The van der Waals surface area contributed by atoms with Crippen LogP contribution in [0.3, 0.4) is 0 Å². The maximum absolute atomic E-state index is 12.5. The van der Waals surface area contributed by atoms with Gasteiger partial charge in [-0.1, -0.05) is 30.0 Å². The molecule has 0 aliphatic heterocycles. The molecule has 98 valence electrons. The quantitative estimate of drug-likeness (QED) is 0.719. The molecule has 0 spiro atoms. The summed E-state index contributed by atoms with van der Waals surface area (Å²) in [6.45, 7) is 0. The van der Waals surface area contributed by atoms with Crippen molar-refractivity contribution < 1.29 is 13.2 Å². The monoisotopic (exact) mass is 283 g/mol. The molecule has 0 bridgehead atoms. The largest absolute Gasteiger partial charge is 0.416 e. The van der Waals surface area contributed by atoms with Gasteiger partial charge in [0.25, 0.3) is 0 Å². The number of benzene rings is 2. The lowest BCUT2D eigenvalue weighted by atomic mass is 10.2. The predicted octanol–water partition coefficient (Wildman–Crippen LogP) is 5.25. The first-order valence-electron chi connectivity index (χ1n) is 5.28. The molecule has 0 atom stereocenters. The Morgan fingerprint density at radius 1 is 1.00 bits per heavy atom. The fraction of sp³-hybridized carbons (Fsp3) is 0.0769. The lowest BCUT2D eigenvalue weighted by molar-refractivity contribution is -0.137. The Morgan fingerprint density at radius 3 is 2.26 bits per heavy atom. The van der Waals surface area contributed by atoms with E-state index in [1.807, 2.05) is 6.07 Å². The molecule has 2 aromatic carbocycles. The summed E-state index contributed by atoms with van der Waals surface area (Å²) >= 11 is 1.20. The second-order valence-electron chi connectivity index (χ2n) is 3.69. The summed E-state index contributed by atoms with van der Waals surface area (Å²) in [6, 6.07) is 12.0. The summed E-state index contributed by atoms with van der Waals surface area (Å²) in [6.07, 6.45) is -4.48. The third-order valence-corrected chi connectivity index (χ3v) is 3.43. The van der Waals surface area contributed by atoms with Crippen molar-refractivity contribution in [1.29, 1.82) is 0 Å². The van der Waals surface area contributed by atoms with Crippen LogP contribution >= 0.6 is 11.8 Å². The van der Waals surface area contributed by atoms with Gasteiger partial charge in [-0.05, 0) is 35.5 Å². The Bertz CT molecular complexity index is 584. The molecular weight excluding hydrogens is 275 g/mol. The highest BCUT2D eigenvalue weighted by Gasteiger charge is 2.31. The summed E-state index contributed by atoms with van der Waals surface area (Å²) in [5.74, 6) is 0. The zero-order valence-corrected chi connectivity index (χ0v) is 10.3. The molecule has 0 N–H and O–H groups in total. The summed E-state index contributed by atoms with van der Waals surface area (Å²) in [5, 5.41) is 2.67. The molecule has 6 heteroatoms. The number of nitroso groups, excluding NO2 is 1. The Kier molecular flexibility index (Phi) is 3.90. The van der Waals surface area contributed by atoms with Gasteiger partial charge in [0, 0.05) is 9.79 Å². The highest BCUT2D eigenvalue weighted by Crippen LogP contribution is 2.39. The van der Waals surface area contributed by atoms with Crippen LogP contribution < -0.4 is 0 Å². The molecule has 0 fully saturated rings. The maximum atomic E-state index is 12.5. The van der Waals surface area contributed by atoms with Gasteiger partial charge in [0.05, 0.1) is 5.56 Å². The van der Waals surface area contributed by atoms with Crippen LogP contribution in [0.2, 0.25) is 0 Å². The van der Waals surface area contributed by atoms with Crippen LogP contribution in [-0.2, 0) is 6.18 Å². The fourth-order valence-electron chi connectivity index (χ4n) is 1.47. The van der Waals surface area contributed by atoms with Crippen molar-refractivity contribution >= 4 is 17.4 Å². The summed E-state index contributed by atoms with van der Waals surface area (Å²) in [4.78, 5) is 11.9. The standard InChI is InChI=1S/C13H8F3NOS/c14-13(15,16)9-6-7-12(11(8-9)17-18)19-10-4-2-1-3-5-10/h1-8H. The number of hydrogen-bond acceptors (Lipinski definition) is 3. The second-order valence-corrected chi connectivity index (χ2v) is 4.80. The van der Waals surface area contributed by atoms with Crippen LogP contribution in [0.5, 0.6) is 0 Å². The van der Waals surface area contributed by atoms with Gasteiger partial charge in [-0.25, -0.2) is 0 Å². The minimum atomic E-state index is -4.48. The first-order valence-corrected chi connectivity index (χ1v) is 6.10. The second kappa shape index (κ2) is 5.44. The van der Waals surface area contributed by atoms with Crippen molar-refractivity contribution in [3.8, 4) is 0 Å². The van der Waals surface area contributed by atoms with Gasteiger partial charge in [0.1, 0.15) is 5.69 Å². The maximum Gasteiger partial charge on any atom is 0.416 e. The molecule has 0 aliphatic carbocycles. The molecule has 2 nitrogen and oxygen atoms in total. The smallest absolute Gasteiger partial charge is 0.166 e. The van der Waals surface area contributed by atoms with Crippen molar-refractivity contribution in [2.75, 3.05) is 0 Å². The van der Waals surface area contributed by atoms with Gasteiger partial charge < -0.3 is 0 Å². The van der Waals surface area contributed by atoms with E-state index < -0.39 is 11.7 Å². The van der Waals surface area contributed by atoms with Crippen molar-refractivity contribution in [2.45, 2.75) is 16.0 Å². The molecule has 0 aliphatic rings. The molecule has 2 aromatic rings. The van der Waals surface area contributed by atoms with Crippen LogP contribution in [0, 0.1) is 4.91 Å². The normalized spacial score (nSPS) is 11.3. The molecule has 0 aromatic heterocycles. The highest BCUT2D eigenvalue weighted by atomic mass is 32.2.